The average Bonchev–Trinajstić information content (AvgIpc) is 3.15. The normalized spacial score (nSPS) is 26.3. The molecule has 1 aromatic heterocycles. The predicted octanol–water partition coefficient (Wildman–Crippen LogP) is 3.37. The maximum atomic E-state index is 12.6. The highest BCUT2D eigenvalue weighted by Gasteiger charge is 2.57. The Morgan fingerprint density at radius 2 is 2.12 bits per heavy atom. The topological polar surface area (TPSA) is 67.0 Å². The summed E-state index contributed by atoms with van der Waals surface area (Å²) in [5.74, 6) is 0.347. The first-order valence-corrected chi connectivity index (χ1v) is 9.40. The van der Waals surface area contributed by atoms with E-state index in [4.69, 9.17) is 4.74 Å². The first kappa shape index (κ1) is 17.5. The van der Waals surface area contributed by atoms with E-state index in [1.54, 1.807) is 0 Å². The highest BCUT2D eigenvalue weighted by molar-refractivity contribution is 5.77. The monoisotopic (exact) mass is 333 g/mol. The van der Waals surface area contributed by atoms with Gasteiger partial charge in [0.15, 0.2) is 0 Å². The summed E-state index contributed by atoms with van der Waals surface area (Å²) in [4.78, 5) is 12.6. The van der Waals surface area contributed by atoms with Crippen molar-refractivity contribution in [1.82, 2.24) is 15.5 Å². The van der Waals surface area contributed by atoms with Crippen LogP contribution in [0.2, 0.25) is 0 Å². The third-order valence-corrected chi connectivity index (χ3v) is 6.19. The van der Waals surface area contributed by atoms with Crippen molar-refractivity contribution in [3.63, 3.8) is 0 Å². The molecule has 2 saturated carbocycles. The minimum Gasteiger partial charge on any atom is -0.378 e. The van der Waals surface area contributed by atoms with Gasteiger partial charge >= 0.3 is 0 Å². The molecule has 3 rings (SSSR count). The van der Waals surface area contributed by atoms with Crippen LogP contribution in [0.4, 0.5) is 0 Å². The van der Waals surface area contributed by atoms with Gasteiger partial charge in [-0.05, 0) is 51.5 Å². The second kappa shape index (κ2) is 6.87. The van der Waals surface area contributed by atoms with E-state index >= 15 is 0 Å². The van der Waals surface area contributed by atoms with Crippen LogP contribution in [0.3, 0.4) is 0 Å². The van der Waals surface area contributed by atoms with Crippen molar-refractivity contribution in [3.05, 3.63) is 17.0 Å². The Kier molecular flexibility index (Phi) is 5.00. The molecule has 0 radical (unpaired) electrons. The third kappa shape index (κ3) is 2.99. The van der Waals surface area contributed by atoms with E-state index < -0.39 is 0 Å². The van der Waals surface area contributed by atoms with Crippen LogP contribution in [0.15, 0.2) is 0 Å². The zero-order valence-corrected chi connectivity index (χ0v) is 15.4. The Labute approximate surface area is 144 Å². The zero-order valence-electron chi connectivity index (χ0n) is 15.4. The molecule has 2 fully saturated rings. The second-order valence-corrected chi connectivity index (χ2v) is 7.69. The number of ether oxygens (including phenoxy) is 1. The number of nitrogens with zero attached hydrogens (tertiary/aromatic N) is 1. The van der Waals surface area contributed by atoms with Crippen LogP contribution in [0.1, 0.15) is 75.2 Å². The summed E-state index contributed by atoms with van der Waals surface area (Å²) < 4.78 is 5.94. The number of H-pyrrole nitrogens is 1. The summed E-state index contributed by atoms with van der Waals surface area (Å²) >= 11 is 0. The van der Waals surface area contributed by atoms with Gasteiger partial charge in [-0.2, -0.15) is 5.10 Å². The van der Waals surface area contributed by atoms with Crippen LogP contribution < -0.4 is 5.32 Å². The van der Waals surface area contributed by atoms with Crippen molar-refractivity contribution in [2.45, 2.75) is 84.3 Å². The number of aromatic amines is 1. The van der Waals surface area contributed by atoms with Crippen LogP contribution in [0.25, 0.3) is 0 Å². The summed E-state index contributed by atoms with van der Waals surface area (Å²) in [5.41, 5.74) is 3.46. The lowest BCUT2D eigenvalue weighted by Crippen LogP contribution is -2.63. The predicted molar refractivity (Wildman–Crippen MR) is 94.0 cm³/mol. The minimum atomic E-state index is 0.161. The summed E-state index contributed by atoms with van der Waals surface area (Å²) in [5, 5.41) is 10.6. The molecule has 2 aliphatic rings. The van der Waals surface area contributed by atoms with Crippen molar-refractivity contribution in [2.75, 3.05) is 6.61 Å². The standard InChI is InChI=1S/C19H31N3O2/c1-5-24-16-11-15(19(16)8-6-7-9-19)20-17(23)10-12(2)18-13(3)21-22-14(18)4/h12,15-16H,5-11H2,1-4H3,(H,20,23)(H,21,22)/t12-,15-,16-/m1/s1. The van der Waals surface area contributed by atoms with Gasteiger partial charge in [0.2, 0.25) is 5.91 Å². The van der Waals surface area contributed by atoms with Gasteiger partial charge in [-0.15, -0.1) is 0 Å². The molecule has 0 bridgehead atoms. The Balaban J connectivity index is 1.59. The zero-order chi connectivity index (χ0) is 17.3. The lowest BCUT2D eigenvalue weighted by molar-refractivity contribution is -0.144. The summed E-state index contributed by atoms with van der Waals surface area (Å²) in [6.07, 6.45) is 6.74. The van der Waals surface area contributed by atoms with E-state index in [1.807, 2.05) is 13.8 Å². The first-order valence-electron chi connectivity index (χ1n) is 9.40. The number of aryl methyl sites for hydroxylation is 2. The number of carbonyl (C=O) groups is 1. The van der Waals surface area contributed by atoms with E-state index in [-0.39, 0.29) is 17.2 Å². The maximum Gasteiger partial charge on any atom is 0.220 e. The Bertz CT molecular complexity index is 570. The molecule has 1 aromatic rings. The van der Waals surface area contributed by atoms with Gasteiger partial charge in [-0.1, -0.05) is 19.8 Å². The van der Waals surface area contributed by atoms with Crippen molar-refractivity contribution in [1.29, 1.82) is 0 Å². The SMILES string of the molecule is CCO[C@@H]1C[C@@H](NC(=O)C[C@@H](C)c2c(C)n[nH]c2C)C12CCCC2. The lowest BCUT2D eigenvalue weighted by atomic mass is 9.60. The molecule has 24 heavy (non-hydrogen) atoms. The smallest absolute Gasteiger partial charge is 0.220 e. The van der Waals surface area contributed by atoms with Gasteiger partial charge in [-0.3, -0.25) is 9.89 Å². The van der Waals surface area contributed by atoms with Crippen molar-refractivity contribution >= 4 is 5.91 Å². The van der Waals surface area contributed by atoms with Crippen LogP contribution in [0.5, 0.6) is 0 Å². The molecule has 1 heterocycles. The summed E-state index contributed by atoms with van der Waals surface area (Å²) in [7, 11) is 0. The molecule has 1 spiro atoms. The first-order chi connectivity index (χ1) is 11.5. The van der Waals surface area contributed by atoms with Crippen LogP contribution >= 0.6 is 0 Å². The Hall–Kier alpha value is -1.36. The van der Waals surface area contributed by atoms with E-state index in [1.165, 1.54) is 31.2 Å². The van der Waals surface area contributed by atoms with Gasteiger partial charge < -0.3 is 10.1 Å². The summed E-state index contributed by atoms with van der Waals surface area (Å²) in [6.45, 7) is 8.96. The molecule has 0 aliphatic heterocycles. The number of amides is 1. The number of carbonyl (C=O) groups excluding carboxylic acids is 1. The Morgan fingerprint density at radius 3 is 2.71 bits per heavy atom. The molecule has 5 nitrogen and oxygen atoms in total. The quantitative estimate of drug-likeness (QED) is 0.839. The number of hydrogen-bond acceptors (Lipinski definition) is 3. The van der Waals surface area contributed by atoms with Crippen LogP contribution in [-0.4, -0.2) is 34.9 Å². The fourth-order valence-electron chi connectivity index (χ4n) is 5.01. The molecule has 0 saturated heterocycles. The fourth-order valence-corrected chi connectivity index (χ4v) is 5.01. The van der Waals surface area contributed by atoms with Crippen molar-refractivity contribution < 1.29 is 9.53 Å². The maximum absolute atomic E-state index is 12.6. The molecule has 0 aromatic carbocycles. The molecule has 3 atom stereocenters. The number of nitrogens with one attached hydrogen (secondary N) is 2. The van der Waals surface area contributed by atoms with Gasteiger partial charge in [0.05, 0.1) is 11.8 Å². The van der Waals surface area contributed by atoms with E-state index in [0.29, 0.717) is 18.6 Å². The fraction of sp³-hybridized carbons (Fsp3) is 0.789. The van der Waals surface area contributed by atoms with Crippen LogP contribution in [-0.2, 0) is 9.53 Å². The third-order valence-electron chi connectivity index (χ3n) is 6.19. The van der Waals surface area contributed by atoms with Gasteiger partial charge in [0.25, 0.3) is 0 Å². The number of hydrogen-bond donors (Lipinski definition) is 2. The van der Waals surface area contributed by atoms with Gasteiger partial charge in [0.1, 0.15) is 0 Å². The number of aromatic nitrogens is 2. The molecule has 5 heteroatoms. The molecule has 134 valence electrons. The summed E-state index contributed by atoms with van der Waals surface area (Å²) in [6, 6.07) is 0.294. The highest BCUT2D eigenvalue weighted by Crippen LogP contribution is 2.54. The molecular weight excluding hydrogens is 302 g/mol. The molecule has 0 unspecified atom stereocenters. The van der Waals surface area contributed by atoms with Gasteiger partial charge in [-0.25, -0.2) is 0 Å². The number of rotatable bonds is 6. The van der Waals surface area contributed by atoms with Crippen molar-refractivity contribution in [2.24, 2.45) is 5.41 Å². The molecular formula is C19H31N3O2. The molecule has 1 amide bonds. The average molecular weight is 333 g/mol. The minimum absolute atomic E-state index is 0.161. The Morgan fingerprint density at radius 1 is 1.42 bits per heavy atom. The van der Waals surface area contributed by atoms with Crippen LogP contribution in [0, 0.1) is 19.3 Å². The lowest BCUT2D eigenvalue weighted by Gasteiger charge is -2.54. The van der Waals surface area contributed by atoms with Gasteiger partial charge in [0, 0.05) is 30.2 Å². The van der Waals surface area contributed by atoms with Crippen molar-refractivity contribution in [3.8, 4) is 0 Å². The van der Waals surface area contributed by atoms with E-state index in [0.717, 1.165) is 24.4 Å². The largest absolute Gasteiger partial charge is 0.378 e. The second-order valence-electron chi connectivity index (χ2n) is 7.69. The highest BCUT2D eigenvalue weighted by atomic mass is 16.5. The van der Waals surface area contributed by atoms with E-state index in [9.17, 15) is 4.79 Å². The van der Waals surface area contributed by atoms with E-state index in [2.05, 4.69) is 29.4 Å². The molecule has 2 N–H and O–H groups in total. The molecule has 2 aliphatic carbocycles.